The van der Waals surface area contributed by atoms with Crippen molar-refractivity contribution < 1.29 is 19.4 Å². The molecule has 4 nitrogen and oxygen atoms in total. The van der Waals surface area contributed by atoms with Crippen LogP contribution in [0.4, 0.5) is 0 Å². The predicted octanol–water partition coefficient (Wildman–Crippen LogP) is 1.53. The molecule has 1 aliphatic carbocycles. The summed E-state index contributed by atoms with van der Waals surface area (Å²) in [5.41, 5.74) is 0.468. The molecule has 0 aromatic heterocycles. The van der Waals surface area contributed by atoms with Gasteiger partial charge in [-0.05, 0) is 19.3 Å². The van der Waals surface area contributed by atoms with E-state index in [4.69, 9.17) is 9.84 Å². The SMILES string of the molecule is C=CCOC(=O)C1=CCCC(C(=O)O)C1. The van der Waals surface area contributed by atoms with Gasteiger partial charge in [-0.25, -0.2) is 4.79 Å². The largest absolute Gasteiger partial charge is 0.481 e. The number of carbonyl (C=O) groups excluding carboxylic acids is 1. The zero-order chi connectivity index (χ0) is 11.3. The van der Waals surface area contributed by atoms with Gasteiger partial charge >= 0.3 is 11.9 Å². The Kier molecular flexibility index (Phi) is 4.09. The normalized spacial score (nSPS) is 20.3. The van der Waals surface area contributed by atoms with Crippen LogP contribution in [0.15, 0.2) is 24.3 Å². The van der Waals surface area contributed by atoms with E-state index in [2.05, 4.69) is 6.58 Å². The third kappa shape index (κ3) is 3.23. The number of aliphatic carboxylic acids is 1. The highest BCUT2D eigenvalue weighted by atomic mass is 16.5. The lowest BCUT2D eigenvalue weighted by Gasteiger charge is -2.17. The molecule has 1 unspecified atom stereocenters. The Hall–Kier alpha value is -1.58. The van der Waals surface area contributed by atoms with Crippen LogP contribution in [0.3, 0.4) is 0 Å². The Morgan fingerprint density at radius 2 is 2.40 bits per heavy atom. The van der Waals surface area contributed by atoms with Gasteiger partial charge in [-0.2, -0.15) is 0 Å². The van der Waals surface area contributed by atoms with Crippen molar-refractivity contribution in [2.45, 2.75) is 19.3 Å². The summed E-state index contributed by atoms with van der Waals surface area (Å²) in [6, 6.07) is 0. The van der Waals surface area contributed by atoms with Crippen LogP contribution >= 0.6 is 0 Å². The van der Waals surface area contributed by atoms with Crippen LogP contribution in [-0.4, -0.2) is 23.7 Å². The van der Waals surface area contributed by atoms with Crippen LogP contribution in [-0.2, 0) is 14.3 Å². The summed E-state index contributed by atoms with van der Waals surface area (Å²) in [4.78, 5) is 22.1. The Bertz CT molecular complexity index is 304. The molecular formula is C11H14O4. The van der Waals surface area contributed by atoms with Gasteiger partial charge in [-0.1, -0.05) is 18.7 Å². The maximum atomic E-state index is 11.4. The summed E-state index contributed by atoms with van der Waals surface area (Å²) >= 11 is 0. The molecule has 0 radical (unpaired) electrons. The molecule has 4 heteroatoms. The first-order chi connectivity index (χ1) is 7.15. The Balaban J connectivity index is 2.55. The third-order valence-corrected chi connectivity index (χ3v) is 2.32. The van der Waals surface area contributed by atoms with E-state index in [0.717, 1.165) is 0 Å². The zero-order valence-corrected chi connectivity index (χ0v) is 8.44. The van der Waals surface area contributed by atoms with E-state index in [1.807, 2.05) is 0 Å². The highest BCUT2D eigenvalue weighted by Crippen LogP contribution is 2.24. The first-order valence-corrected chi connectivity index (χ1v) is 4.85. The number of hydrogen-bond donors (Lipinski definition) is 1. The summed E-state index contributed by atoms with van der Waals surface area (Å²) in [6.07, 6.45) is 4.72. The molecular weight excluding hydrogens is 196 g/mol. The van der Waals surface area contributed by atoms with Crippen molar-refractivity contribution in [3.63, 3.8) is 0 Å². The van der Waals surface area contributed by atoms with Crippen LogP contribution in [0.5, 0.6) is 0 Å². The first-order valence-electron chi connectivity index (χ1n) is 4.85. The topological polar surface area (TPSA) is 63.6 Å². The van der Waals surface area contributed by atoms with E-state index >= 15 is 0 Å². The maximum absolute atomic E-state index is 11.4. The smallest absolute Gasteiger partial charge is 0.334 e. The molecule has 0 aliphatic heterocycles. The lowest BCUT2D eigenvalue weighted by Crippen LogP contribution is -2.21. The highest BCUT2D eigenvalue weighted by molar-refractivity contribution is 5.89. The van der Waals surface area contributed by atoms with Gasteiger partial charge < -0.3 is 9.84 Å². The van der Waals surface area contributed by atoms with Gasteiger partial charge in [0.05, 0.1) is 5.92 Å². The number of allylic oxidation sites excluding steroid dienone is 1. The van der Waals surface area contributed by atoms with Crippen molar-refractivity contribution in [1.29, 1.82) is 0 Å². The molecule has 0 aromatic rings. The fourth-order valence-electron chi connectivity index (χ4n) is 1.51. The quantitative estimate of drug-likeness (QED) is 0.564. The Morgan fingerprint density at radius 3 is 3.00 bits per heavy atom. The molecule has 0 heterocycles. The van der Waals surface area contributed by atoms with Crippen molar-refractivity contribution in [2.24, 2.45) is 5.92 Å². The summed E-state index contributed by atoms with van der Waals surface area (Å²) in [6.45, 7) is 3.59. The van der Waals surface area contributed by atoms with Gasteiger partial charge in [0.1, 0.15) is 6.61 Å². The van der Waals surface area contributed by atoms with E-state index in [0.29, 0.717) is 18.4 Å². The number of rotatable bonds is 4. The van der Waals surface area contributed by atoms with Crippen LogP contribution in [0, 0.1) is 5.92 Å². The molecule has 0 amide bonds. The van der Waals surface area contributed by atoms with E-state index in [-0.39, 0.29) is 13.0 Å². The number of carboxylic acids is 1. The summed E-state index contributed by atoms with van der Waals surface area (Å²) < 4.78 is 4.84. The zero-order valence-electron chi connectivity index (χ0n) is 8.44. The van der Waals surface area contributed by atoms with Gasteiger partial charge in [0.25, 0.3) is 0 Å². The molecule has 1 aliphatic rings. The Labute approximate surface area is 88.2 Å². The van der Waals surface area contributed by atoms with Gasteiger partial charge in [0.2, 0.25) is 0 Å². The molecule has 82 valence electrons. The first kappa shape index (κ1) is 11.5. The van der Waals surface area contributed by atoms with E-state index in [1.54, 1.807) is 6.08 Å². The molecule has 0 saturated carbocycles. The average molecular weight is 210 g/mol. The van der Waals surface area contributed by atoms with Gasteiger partial charge in [-0.15, -0.1) is 0 Å². The molecule has 0 spiro atoms. The minimum Gasteiger partial charge on any atom is -0.481 e. The molecule has 0 saturated heterocycles. The van der Waals surface area contributed by atoms with Gasteiger partial charge in [0.15, 0.2) is 0 Å². The van der Waals surface area contributed by atoms with Crippen molar-refractivity contribution in [3.8, 4) is 0 Å². The molecule has 0 aromatic carbocycles. The van der Waals surface area contributed by atoms with Gasteiger partial charge in [0, 0.05) is 5.57 Å². The van der Waals surface area contributed by atoms with Crippen molar-refractivity contribution >= 4 is 11.9 Å². The Morgan fingerprint density at radius 1 is 1.67 bits per heavy atom. The maximum Gasteiger partial charge on any atom is 0.334 e. The van der Waals surface area contributed by atoms with E-state index in [1.165, 1.54) is 6.08 Å². The van der Waals surface area contributed by atoms with Crippen molar-refractivity contribution in [3.05, 3.63) is 24.3 Å². The molecule has 1 rings (SSSR count). The lowest BCUT2D eigenvalue weighted by atomic mass is 9.89. The number of hydrogen-bond acceptors (Lipinski definition) is 3. The van der Waals surface area contributed by atoms with Crippen LogP contribution < -0.4 is 0 Å². The van der Waals surface area contributed by atoms with Crippen molar-refractivity contribution in [2.75, 3.05) is 6.61 Å². The van der Waals surface area contributed by atoms with Crippen LogP contribution in [0.1, 0.15) is 19.3 Å². The standard InChI is InChI=1S/C11H14O4/c1-2-6-15-11(14)9-5-3-4-8(7-9)10(12)13/h2,5,8H,1,3-4,6-7H2,(H,12,13). The lowest BCUT2D eigenvalue weighted by molar-refractivity contribution is -0.142. The van der Waals surface area contributed by atoms with E-state index < -0.39 is 17.9 Å². The van der Waals surface area contributed by atoms with Crippen LogP contribution in [0.25, 0.3) is 0 Å². The second-order valence-electron chi connectivity index (χ2n) is 3.43. The summed E-state index contributed by atoms with van der Waals surface area (Å²) in [7, 11) is 0. The predicted molar refractivity (Wildman–Crippen MR) is 54.2 cm³/mol. The van der Waals surface area contributed by atoms with E-state index in [9.17, 15) is 9.59 Å². The molecule has 0 bridgehead atoms. The van der Waals surface area contributed by atoms with Gasteiger partial charge in [-0.3, -0.25) is 4.79 Å². The number of carbonyl (C=O) groups is 2. The number of esters is 1. The fourth-order valence-corrected chi connectivity index (χ4v) is 1.51. The number of ether oxygens (including phenoxy) is 1. The summed E-state index contributed by atoms with van der Waals surface area (Å²) in [5.74, 6) is -1.74. The van der Waals surface area contributed by atoms with Crippen LogP contribution in [0.2, 0.25) is 0 Å². The highest BCUT2D eigenvalue weighted by Gasteiger charge is 2.25. The minimum absolute atomic E-state index is 0.161. The second-order valence-corrected chi connectivity index (χ2v) is 3.43. The average Bonchev–Trinajstić information content (AvgIpc) is 2.26. The fraction of sp³-hybridized carbons (Fsp3) is 0.455. The summed E-state index contributed by atoms with van der Waals surface area (Å²) in [5, 5.41) is 8.82. The monoisotopic (exact) mass is 210 g/mol. The number of carboxylic acid groups (broad SMARTS) is 1. The molecule has 1 atom stereocenters. The molecule has 0 fully saturated rings. The minimum atomic E-state index is -0.850. The van der Waals surface area contributed by atoms with Crippen molar-refractivity contribution in [1.82, 2.24) is 0 Å². The molecule has 1 N–H and O–H groups in total. The molecule has 15 heavy (non-hydrogen) atoms. The second kappa shape index (κ2) is 5.34. The third-order valence-electron chi connectivity index (χ3n) is 2.32.